The zero-order chi connectivity index (χ0) is 22.1. The predicted molar refractivity (Wildman–Crippen MR) is 120 cm³/mol. The second-order valence-corrected chi connectivity index (χ2v) is 9.34. The fourth-order valence-corrected chi connectivity index (χ4v) is 4.04. The Kier molecular flexibility index (Phi) is 8.80. The molecule has 0 aliphatic heterocycles. The minimum Gasteiger partial charge on any atom is -0.357 e. The average Bonchev–Trinajstić information content (AvgIpc) is 2.67. The monoisotopic (exact) mass is 434 g/mol. The number of hydrogen-bond donors (Lipinski definition) is 2. The standard InChI is InChI=1S/C22H31FN4O2S/c1-5-24-22(25-12-13-27(3)16-18-6-9-20(23)10-7-18)26-15-19-8-11-21(17(2)14-19)30(4,28)29/h6-11,14H,5,12-13,15-16H2,1-4H3,(H2,24,25,26). The highest BCUT2D eigenvalue weighted by Crippen LogP contribution is 2.17. The van der Waals surface area contributed by atoms with Crippen LogP contribution < -0.4 is 10.6 Å². The zero-order valence-corrected chi connectivity index (χ0v) is 18.9. The Morgan fingerprint density at radius 1 is 1.10 bits per heavy atom. The van der Waals surface area contributed by atoms with Gasteiger partial charge in [0.15, 0.2) is 15.8 Å². The summed E-state index contributed by atoms with van der Waals surface area (Å²) < 4.78 is 36.5. The number of nitrogens with one attached hydrogen (secondary N) is 2. The molecule has 0 amide bonds. The number of aryl methyl sites for hydroxylation is 1. The SMILES string of the molecule is CCNC(=NCc1ccc(S(C)(=O)=O)c(C)c1)NCCN(C)Cc1ccc(F)cc1. The van der Waals surface area contributed by atoms with Crippen LogP contribution in [0.1, 0.15) is 23.6 Å². The molecule has 0 saturated carbocycles. The van der Waals surface area contributed by atoms with Crippen molar-refractivity contribution in [2.24, 2.45) is 4.99 Å². The summed E-state index contributed by atoms with van der Waals surface area (Å²) in [6, 6.07) is 11.8. The second kappa shape index (κ2) is 11.1. The fraction of sp³-hybridized carbons (Fsp3) is 0.409. The third kappa shape index (κ3) is 7.76. The molecule has 0 radical (unpaired) electrons. The molecule has 0 saturated heterocycles. The molecule has 6 nitrogen and oxygen atoms in total. The summed E-state index contributed by atoms with van der Waals surface area (Å²) in [4.78, 5) is 7.09. The van der Waals surface area contributed by atoms with Crippen molar-refractivity contribution in [3.05, 3.63) is 65.0 Å². The number of benzene rings is 2. The van der Waals surface area contributed by atoms with Gasteiger partial charge in [0.05, 0.1) is 11.4 Å². The van der Waals surface area contributed by atoms with Gasteiger partial charge in [-0.15, -0.1) is 0 Å². The quantitative estimate of drug-likeness (QED) is 0.469. The van der Waals surface area contributed by atoms with E-state index in [4.69, 9.17) is 0 Å². The van der Waals surface area contributed by atoms with Crippen LogP contribution in [-0.2, 0) is 22.9 Å². The van der Waals surface area contributed by atoms with Gasteiger partial charge in [-0.3, -0.25) is 0 Å². The molecular formula is C22H31FN4O2S. The van der Waals surface area contributed by atoms with E-state index in [2.05, 4.69) is 20.5 Å². The van der Waals surface area contributed by atoms with Crippen molar-refractivity contribution >= 4 is 15.8 Å². The van der Waals surface area contributed by atoms with Crippen molar-refractivity contribution in [3.8, 4) is 0 Å². The van der Waals surface area contributed by atoms with Crippen molar-refractivity contribution in [3.63, 3.8) is 0 Å². The molecule has 0 unspecified atom stereocenters. The van der Waals surface area contributed by atoms with Gasteiger partial charge < -0.3 is 15.5 Å². The number of guanidine groups is 1. The average molecular weight is 435 g/mol. The van der Waals surface area contributed by atoms with E-state index < -0.39 is 9.84 Å². The van der Waals surface area contributed by atoms with Gasteiger partial charge in [0, 0.05) is 32.4 Å². The topological polar surface area (TPSA) is 73.8 Å². The van der Waals surface area contributed by atoms with Crippen LogP contribution in [0.25, 0.3) is 0 Å². The molecule has 0 bridgehead atoms. The lowest BCUT2D eigenvalue weighted by molar-refractivity contribution is 0.331. The molecule has 2 aromatic rings. The highest BCUT2D eigenvalue weighted by atomic mass is 32.2. The van der Waals surface area contributed by atoms with Crippen molar-refractivity contribution < 1.29 is 12.8 Å². The lowest BCUT2D eigenvalue weighted by Gasteiger charge is -2.18. The largest absolute Gasteiger partial charge is 0.357 e. The highest BCUT2D eigenvalue weighted by molar-refractivity contribution is 7.90. The summed E-state index contributed by atoms with van der Waals surface area (Å²) >= 11 is 0. The number of rotatable bonds is 9. The Labute approximate surface area is 179 Å². The van der Waals surface area contributed by atoms with E-state index >= 15 is 0 Å². The Balaban J connectivity index is 1.89. The molecule has 0 aromatic heterocycles. The molecular weight excluding hydrogens is 403 g/mol. The normalized spacial score (nSPS) is 12.3. The Hall–Kier alpha value is -2.45. The van der Waals surface area contributed by atoms with Gasteiger partial charge in [-0.05, 0) is 55.8 Å². The van der Waals surface area contributed by atoms with Crippen LogP contribution in [-0.4, -0.2) is 52.2 Å². The highest BCUT2D eigenvalue weighted by Gasteiger charge is 2.10. The smallest absolute Gasteiger partial charge is 0.191 e. The summed E-state index contributed by atoms with van der Waals surface area (Å²) in [5.41, 5.74) is 2.74. The van der Waals surface area contributed by atoms with Crippen LogP contribution in [0.5, 0.6) is 0 Å². The number of sulfone groups is 1. The lowest BCUT2D eigenvalue weighted by Crippen LogP contribution is -2.40. The molecule has 8 heteroatoms. The lowest BCUT2D eigenvalue weighted by atomic mass is 10.1. The Morgan fingerprint density at radius 3 is 2.37 bits per heavy atom. The first-order chi connectivity index (χ1) is 14.2. The van der Waals surface area contributed by atoms with Gasteiger partial charge in [-0.2, -0.15) is 0 Å². The van der Waals surface area contributed by atoms with E-state index in [0.717, 1.165) is 36.3 Å². The molecule has 2 aromatic carbocycles. The van der Waals surface area contributed by atoms with Crippen LogP contribution in [0.4, 0.5) is 4.39 Å². The van der Waals surface area contributed by atoms with Crippen molar-refractivity contribution in [2.75, 3.05) is 32.9 Å². The third-order valence-electron chi connectivity index (χ3n) is 4.55. The molecule has 0 spiro atoms. The van der Waals surface area contributed by atoms with Gasteiger partial charge in [-0.25, -0.2) is 17.8 Å². The molecule has 0 aliphatic carbocycles. The molecule has 0 fully saturated rings. The van der Waals surface area contributed by atoms with Gasteiger partial charge in [0.25, 0.3) is 0 Å². The first kappa shape index (κ1) is 23.8. The Morgan fingerprint density at radius 2 is 1.77 bits per heavy atom. The predicted octanol–water partition coefficient (Wildman–Crippen LogP) is 2.72. The van der Waals surface area contributed by atoms with Crippen LogP contribution in [0, 0.1) is 12.7 Å². The van der Waals surface area contributed by atoms with Gasteiger partial charge in [-0.1, -0.05) is 24.3 Å². The van der Waals surface area contributed by atoms with Gasteiger partial charge in [0.2, 0.25) is 0 Å². The van der Waals surface area contributed by atoms with E-state index in [-0.39, 0.29) is 5.82 Å². The maximum absolute atomic E-state index is 13.0. The van der Waals surface area contributed by atoms with Crippen molar-refractivity contribution in [1.29, 1.82) is 0 Å². The summed E-state index contributed by atoms with van der Waals surface area (Å²) in [5.74, 6) is 0.480. The zero-order valence-electron chi connectivity index (χ0n) is 18.1. The maximum Gasteiger partial charge on any atom is 0.191 e. The van der Waals surface area contributed by atoms with Crippen LogP contribution in [0.15, 0.2) is 52.4 Å². The molecule has 30 heavy (non-hydrogen) atoms. The Bertz CT molecular complexity index is 960. The second-order valence-electron chi connectivity index (χ2n) is 7.36. The summed E-state index contributed by atoms with van der Waals surface area (Å²) in [5, 5.41) is 6.52. The molecule has 0 aliphatic rings. The first-order valence-corrected chi connectivity index (χ1v) is 11.8. The number of halogens is 1. The van der Waals surface area contributed by atoms with E-state index in [1.54, 1.807) is 31.2 Å². The van der Waals surface area contributed by atoms with E-state index in [9.17, 15) is 12.8 Å². The number of aliphatic imine (C=N–C) groups is 1. The van der Waals surface area contributed by atoms with E-state index in [1.807, 2.05) is 20.0 Å². The van der Waals surface area contributed by atoms with Crippen LogP contribution >= 0.6 is 0 Å². The van der Waals surface area contributed by atoms with E-state index in [1.165, 1.54) is 18.4 Å². The molecule has 164 valence electrons. The van der Waals surface area contributed by atoms with Crippen molar-refractivity contribution in [1.82, 2.24) is 15.5 Å². The van der Waals surface area contributed by atoms with Crippen LogP contribution in [0.2, 0.25) is 0 Å². The number of likely N-dealkylation sites (N-methyl/N-ethyl adjacent to an activating group) is 1. The van der Waals surface area contributed by atoms with Gasteiger partial charge in [0.1, 0.15) is 5.82 Å². The van der Waals surface area contributed by atoms with Gasteiger partial charge >= 0.3 is 0 Å². The number of hydrogen-bond acceptors (Lipinski definition) is 4. The molecule has 0 heterocycles. The minimum absolute atomic E-state index is 0.226. The third-order valence-corrected chi connectivity index (χ3v) is 5.81. The summed E-state index contributed by atoms with van der Waals surface area (Å²) in [6.45, 7) is 7.23. The first-order valence-electron chi connectivity index (χ1n) is 9.93. The van der Waals surface area contributed by atoms with Crippen molar-refractivity contribution in [2.45, 2.75) is 31.8 Å². The molecule has 0 atom stereocenters. The minimum atomic E-state index is -3.22. The van der Waals surface area contributed by atoms with E-state index in [0.29, 0.717) is 23.9 Å². The maximum atomic E-state index is 13.0. The summed E-state index contributed by atoms with van der Waals surface area (Å²) in [7, 11) is -1.20. The summed E-state index contributed by atoms with van der Waals surface area (Å²) in [6.07, 6.45) is 1.22. The van der Waals surface area contributed by atoms with Crippen LogP contribution in [0.3, 0.4) is 0 Å². The fourth-order valence-electron chi connectivity index (χ4n) is 3.08. The molecule has 2 N–H and O–H groups in total. The number of nitrogens with zero attached hydrogens (tertiary/aromatic N) is 2. The molecule has 2 rings (SSSR count).